The van der Waals surface area contributed by atoms with Gasteiger partial charge < -0.3 is 20.5 Å². The van der Waals surface area contributed by atoms with Crippen molar-refractivity contribution in [3.8, 4) is 0 Å². The Labute approximate surface area is 194 Å². The summed E-state index contributed by atoms with van der Waals surface area (Å²) in [5, 5.41) is 7.42. The van der Waals surface area contributed by atoms with Crippen LogP contribution in [0.5, 0.6) is 0 Å². The van der Waals surface area contributed by atoms with Crippen molar-refractivity contribution in [2.24, 2.45) is 0 Å². The van der Waals surface area contributed by atoms with Gasteiger partial charge in [0.05, 0.1) is 5.52 Å². The molecule has 6 nitrogen and oxygen atoms in total. The third-order valence-electron chi connectivity index (χ3n) is 5.95. The fourth-order valence-corrected chi connectivity index (χ4v) is 4.37. The van der Waals surface area contributed by atoms with Gasteiger partial charge in [-0.3, -0.25) is 4.79 Å². The minimum Gasteiger partial charge on any atom is -0.365 e. The van der Waals surface area contributed by atoms with Gasteiger partial charge in [-0.15, -0.1) is 0 Å². The third kappa shape index (κ3) is 6.14. The molecule has 0 saturated carbocycles. The van der Waals surface area contributed by atoms with Crippen molar-refractivity contribution < 1.29 is 4.79 Å². The lowest BCUT2D eigenvalue weighted by atomic mass is 10.1. The zero-order valence-corrected chi connectivity index (χ0v) is 19.2. The Kier molecular flexibility index (Phi) is 7.85. The van der Waals surface area contributed by atoms with Crippen LogP contribution >= 0.6 is 12.2 Å². The highest BCUT2D eigenvalue weighted by Crippen LogP contribution is 2.20. The largest absolute Gasteiger partial charge is 0.365 e. The summed E-state index contributed by atoms with van der Waals surface area (Å²) >= 11 is 5.24. The average molecular weight is 450 g/mol. The number of amides is 1. The van der Waals surface area contributed by atoms with Crippen LogP contribution in [0.1, 0.15) is 48.0 Å². The van der Waals surface area contributed by atoms with Crippen LogP contribution in [0.2, 0.25) is 0 Å². The zero-order valence-electron chi connectivity index (χ0n) is 18.4. The number of benzene rings is 2. The molecule has 4 rings (SSSR count). The second kappa shape index (κ2) is 11.2. The molecular weight excluding hydrogens is 418 g/mol. The van der Waals surface area contributed by atoms with Gasteiger partial charge in [-0.1, -0.05) is 37.1 Å². The number of aromatic nitrogens is 2. The maximum absolute atomic E-state index is 12.5. The number of likely N-dealkylation sites (tertiary alicyclic amines) is 1. The minimum atomic E-state index is -0.0117. The number of anilines is 1. The molecule has 1 aliphatic rings. The second-order valence-electron chi connectivity index (χ2n) is 8.35. The van der Waals surface area contributed by atoms with Crippen molar-refractivity contribution in [1.82, 2.24) is 20.2 Å². The fraction of sp³-hybridized carbons (Fsp3) is 0.400. The number of para-hydroxylation sites is 1. The lowest BCUT2D eigenvalue weighted by Gasteiger charge is -2.19. The lowest BCUT2D eigenvalue weighted by Crippen LogP contribution is -2.30. The molecule has 0 bridgehead atoms. The molecular formula is C25H31N5OS. The standard InChI is InChI=1S/C25H31N5OS/c31-24(26-14-7-17-30-15-5-1-2-6-16-30)20-12-10-19(11-13-20)18-27-23-21-8-3-4-9-22(21)28-25(32)29-23/h3-4,8-13H,1-2,5-7,14-18H2,(H,26,31)(H2,27,28,29,32). The van der Waals surface area contributed by atoms with Gasteiger partial charge in [-0.2, -0.15) is 0 Å². The van der Waals surface area contributed by atoms with E-state index in [1.54, 1.807) is 0 Å². The van der Waals surface area contributed by atoms with Crippen molar-refractivity contribution in [2.75, 3.05) is 31.5 Å². The van der Waals surface area contributed by atoms with Crippen LogP contribution < -0.4 is 10.6 Å². The first-order chi connectivity index (χ1) is 15.7. The Morgan fingerprint density at radius 2 is 1.78 bits per heavy atom. The van der Waals surface area contributed by atoms with Gasteiger partial charge in [-0.25, -0.2) is 4.98 Å². The summed E-state index contributed by atoms with van der Waals surface area (Å²) < 4.78 is 0.453. The predicted octanol–water partition coefficient (Wildman–Crippen LogP) is 4.90. The van der Waals surface area contributed by atoms with E-state index in [1.807, 2.05) is 48.5 Å². The van der Waals surface area contributed by atoms with Gasteiger partial charge in [0.2, 0.25) is 0 Å². The first kappa shape index (κ1) is 22.4. The summed E-state index contributed by atoms with van der Waals surface area (Å²) in [5.41, 5.74) is 2.72. The molecule has 3 N–H and O–H groups in total. The Balaban J connectivity index is 1.26. The van der Waals surface area contributed by atoms with Gasteiger partial charge in [0.25, 0.3) is 5.91 Å². The number of carbonyl (C=O) groups is 1. The van der Waals surface area contributed by atoms with Crippen LogP contribution in [0, 0.1) is 4.77 Å². The molecule has 7 heteroatoms. The van der Waals surface area contributed by atoms with Gasteiger partial charge in [0.15, 0.2) is 4.77 Å². The first-order valence-electron chi connectivity index (χ1n) is 11.5. The molecule has 3 aromatic rings. The van der Waals surface area contributed by atoms with E-state index >= 15 is 0 Å². The molecule has 1 fully saturated rings. The van der Waals surface area contributed by atoms with E-state index in [4.69, 9.17) is 12.2 Å². The molecule has 1 aromatic heterocycles. The van der Waals surface area contributed by atoms with Crippen LogP contribution in [0.15, 0.2) is 48.5 Å². The zero-order chi connectivity index (χ0) is 22.2. The van der Waals surface area contributed by atoms with E-state index in [1.165, 1.54) is 38.8 Å². The Bertz CT molecular complexity index is 1090. The summed E-state index contributed by atoms with van der Waals surface area (Å²) in [7, 11) is 0. The van der Waals surface area contributed by atoms with Crippen molar-refractivity contribution in [3.63, 3.8) is 0 Å². The first-order valence-corrected chi connectivity index (χ1v) is 11.9. The summed E-state index contributed by atoms with van der Waals surface area (Å²) in [6.07, 6.45) is 6.30. The van der Waals surface area contributed by atoms with E-state index in [-0.39, 0.29) is 5.91 Å². The third-order valence-corrected chi connectivity index (χ3v) is 6.14. The van der Waals surface area contributed by atoms with E-state index < -0.39 is 0 Å². The predicted molar refractivity (Wildman–Crippen MR) is 133 cm³/mol. The van der Waals surface area contributed by atoms with E-state index in [0.717, 1.165) is 35.2 Å². The molecule has 32 heavy (non-hydrogen) atoms. The van der Waals surface area contributed by atoms with E-state index in [0.29, 0.717) is 23.4 Å². The number of nitrogens with zero attached hydrogens (tertiary/aromatic N) is 2. The van der Waals surface area contributed by atoms with Crippen LogP contribution in [0.4, 0.5) is 5.82 Å². The molecule has 2 heterocycles. The molecule has 0 radical (unpaired) electrons. The van der Waals surface area contributed by atoms with E-state index in [9.17, 15) is 4.79 Å². The van der Waals surface area contributed by atoms with Crippen LogP contribution in [0.25, 0.3) is 10.9 Å². The highest BCUT2D eigenvalue weighted by Gasteiger charge is 2.09. The van der Waals surface area contributed by atoms with Crippen LogP contribution in [-0.4, -0.2) is 47.0 Å². The maximum Gasteiger partial charge on any atom is 0.251 e. The van der Waals surface area contributed by atoms with Gasteiger partial charge >= 0.3 is 0 Å². The molecule has 0 spiro atoms. The topological polar surface area (TPSA) is 73.1 Å². The second-order valence-corrected chi connectivity index (χ2v) is 8.74. The molecule has 0 atom stereocenters. The Morgan fingerprint density at radius 3 is 2.56 bits per heavy atom. The van der Waals surface area contributed by atoms with Gasteiger partial charge in [0, 0.05) is 24.0 Å². The molecule has 1 aliphatic heterocycles. The summed E-state index contributed by atoms with van der Waals surface area (Å²) in [5.74, 6) is 0.748. The van der Waals surface area contributed by atoms with Crippen LogP contribution in [-0.2, 0) is 6.54 Å². The molecule has 1 saturated heterocycles. The summed E-state index contributed by atoms with van der Waals surface area (Å²) in [6.45, 7) is 4.78. The number of hydrogen-bond donors (Lipinski definition) is 3. The van der Waals surface area contributed by atoms with Crippen molar-refractivity contribution in [2.45, 2.75) is 38.6 Å². The number of carbonyl (C=O) groups excluding carboxylic acids is 1. The smallest absolute Gasteiger partial charge is 0.251 e. The quantitative estimate of drug-likeness (QED) is 0.337. The number of nitrogens with one attached hydrogen (secondary N) is 3. The Hall–Kier alpha value is -2.77. The summed E-state index contributed by atoms with van der Waals surface area (Å²) in [4.78, 5) is 22.5. The van der Waals surface area contributed by atoms with Crippen LogP contribution in [0.3, 0.4) is 0 Å². The van der Waals surface area contributed by atoms with Gasteiger partial charge in [-0.05, 0) is 80.9 Å². The average Bonchev–Trinajstić information content (AvgIpc) is 3.09. The molecule has 1 amide bonds. The number of hydrogen-bond acceptors (Lipinski definition) is 5. The SMILES string of the molecule is O=C(NCCCN1CCCCCC1)c1ccc(CNc2nc(=S)[nH]c3ccccc23)cc1. The fourth-order valence-electron chi connectivity index (χ4n) is 4.16. The highest BCUT2D eigenvalue weighted by molar-refractivity contribution is 7.71. The number of fused-ring (bicyclic) bond motifs is 1. The molecule has 0 unspecified atom stereocenters. The van der Waals surface area contributed by atoms with Gasteiger partial charge in [0.1, 0.15) is 5.82 Å². The minimum absolute atomic E-state index is 0.0117. The maximum atomic E-state index is 12.5. The molecule has 168 valence electrons. The number of rotatable bonds is 8. The highest BCUT2D eigenvalue weighted by atomic mass is 32.1. The summed E-state index contributed by atoms with van der Waals surface area (Å²) in [6, 6.07) is 15.7. The van der Waals surface area contributed by atoms with Crippen molar-refractivity contribution in [3.05, 3.63) is 64.4 Å². The van der Waals surface area contributed by atoms with Crippen molar-refractivity contribution >= 4 is 34.8 Å². The monoisotopic (exact) mass is 449 g/mol. The number of H-pyrrole nitrogens is 1. The molecule has 2 aromatic carbocycles. The van der Waals surface area contributed by atoms with Crippen molar-refractivity contribution in [1.29, 1.82) is 0 Å². The number of aromatic amines is 1. The molecule has 0 aliphatic carbocycles. The lowest BCUT2D eigenvalue weighted by molar-refractivity contribution is 0.0951. The Morgan fingerprint density at radius 1 is 1.03 bits per heavy atom. The van der Waals surface area contributed by atoms with E-state index in [2.05, 4.69) is 25.5 Å². The normalized spacial score (nSPS) is 14.8.